The lowest BCUT2D eigenvalue weighted by Gasteiger charge is -2.26. The van der Waals surface area contributed by atoms with Gasteiger partial charge in [-0.1, -0.05) is 32.4 Å². The molecule has 1 atom stereocenters. The second-order valence-electron chi connectivity index (χ2n) is 5.27. The third-order valence-corrected chi connectivity index (χ3v) is 3.91. The molecule has 0 fully saturated rings. The van der Waals surface area contributed by atoms with Gasteiger partial charge in [0.05, 0.1) is 16.6 Å². The summed E-state index contributed by atoms with van der Waals surface area (Å²) in [4.78, 5) is 4.70. The van der Waals surface area contributed by atoms with Gasteiger partial charge in [0.1, 0.15) is 5.82 Å². The van der Waals surface area contributed by atoms with Crippen LogP contribution in [0.1, 0.15) is 45.9 Å². The molecule has 0 aliphatic rings. The Balaban J connectivity index is 2.39. The van der Waals surface area contributed by atoms with E-state index in [9.17, 15) is 5.11 Å². The molecule has 0 saturated carbocycles. The predicted octanol–water partition coefficient (Wildman–Crippen LogP) is 3.54. The average molecular weight is 260 g/mol. The van der Waals surface area contributed by atoms with Crippen molar-refractivity contribution >= 4 is 11.0 Å². The quantitative estimate of drug-likeness (QED) is 0.862. The smallest absolute Gasteiger partial charge is 0.112 e. The summed E-state index contributed by atoms with van der Waals surface area (Å²) >= 11 is 0. The highest BCUT2D eigenvalue weighted by Crippen LogP contribution is 2.25. The van der Waals surface area contributed by atoms with Crippen molar-refractivity contribution in [2.45, 2.75) is 58.6 Å². The SMILES string of the molecule is CCCC(O)(CC)Cc1nc2ccccc2n1CC. The maximum absolute atomic E-state index is 10.7. The summed E-state index contributed by atoms with van der Waals surface area (Å²) in [6, 6.07) is 8.19. The van der Waals surface area contributed by atoms with Gasteiger partial charge in [-0.25, -0.2) is 4.98 Å². The maximum atomic E-state index is 10.7. The van der Waals surface area contributed by atoms with Crippen molar-refractivity contribution in [3.05, 3.63) is 30.1 Å². The lowest BCUT2D eigenvalue weighted by Crippen LogP contribution is -2.31. The first-order valence-electron chi connectivity index (χ1n) is 7.30. The summed E-state index contributed by atoms with van der Waals surface area (Å²) in [5.41, 5.74) is 1.56. The monoisotopic (exact) mass is 260 g/mol. The van der Waals surface area contributed by atoms with Crippen molar-refractivity contribution in [1.82, 2.24) is 9.55 Å². The van der Waals surface area contributed by atoms with E-state index in [4.69, 9.17) is 4.98 Å². The van der Waals surface area contributed by atoms with Crippen LogP contribution in [0.3, 0.4) is 0 Å². The van der Waals surface area contributed by atoms with Crippen LogP contribution in [0.25, 0.3) is 11.0 Å². The first-order chi connectivity index (χ1) is 9.13. The van der Waals surface area contributed by atoms with Gasteiger partial charge >= 0.3 is 0 Å². The van der Waals surface area contributed by atoms with E-state index in [-0.39, 0.29) is 0 Å². The van der Waals surface area contributed by atoms with Gasteiger partial charge in [-0.05, 0) is 31.9 Å². The number of aromatic nitrogens is 2. The number of fused-ring (bicyclic) bond motifs is 1. The van der Waals surface area contributed by atoms with Gasteiger partial charge in [0.2, 0.25) is 0 Å². The van der Waals surface area contributed by atoms with E-state index < -0.39 is 5.60 Å². The van der Waals surface area contributed by atoms with Gasteiger partial charge in [-0.15, -0.1) is 0 Å². The number of benzene rings is 1. The fourth-order valence-corrected chi connectivity index (χ4v) is 2.76. The number of hydrogen-bond donors (Lipinski definition) is 1. The number of imidazole rings is 1. The largest absolute Gasteiger partial charge is 0.389 e. The Morgan fingerprint density at radius 3 is 2.58 bits per heavy atom. The molecular weight excluding hydrogens is 236 g/mol. The molecule has 3 nitrogen and oxygen atoms in total. The normalized spacial score (nSPS) is 14.7. The van der Waals surface area contributed by atoms with Crippen molar-refractivity contribution in [1.29, 1.82) is 0 Å². The zero-order chi connectivity index (χ0) is 13.9. The topological polar surface area (TPSA) is 38.1 Å². The summed E-state index contributed by atoms with van der Waals surface area (Å²) in [7, 11) is 0. The number of rotatable bonds is 6. The van der Waals surface area contributed by atoms with Crippen LogP contribution < -0.4 is 0 Å². The van der Waals surface area contributed by atoms with E-state index in [1.165, 1.54) is 0 Å². The minimum atomic E-state index is -0.622. The molecule has 0 amide bonds. The highest BCUT2D eigenvalue weighted by Gasteiger charge is 2.26. The zero-order valence-electron chi connectivity index (χ0n) is 12.2. The maximum Gasteiger partial charge on any atom is 0.112 e. The average Bonchev–Trinajstić information content (AvgIpc) is 2.75. The first-order valence-corrected chi connectivity index (χ1v) is 7.30. The summed E-state index contributed by atoms with van der Waals surface area (Å²) in [6.45, 7) is 7.18. The van der Waals surface area contributed by atoms with Crippen LogP contribution in [0.15, 0.2) is 24.3 Å². The van der Waals surface area contributed by atoms with Crippen molar-refractivity contribution in [3.8, 4) is 0 Å². The molecule has 1 heterocycles. The van der Waals surface area contributed by atoms with Crippen LogP contribution in [-0.2, 0) is 13.0 Å². The van der Waals surface area contributed by atoms with Gasteiger partial charge < -0.3 is 9.67 Å². The molecule has 0 spiro atoms. The Morgan fingerprint density at radius 1 is 1.21 bits per heavy atom. The highest BCUT2D eigenvalue weighted by molar-refractivity contribution is 5.75. The zero-order valence-corrected chi connectivity index (χ0v) is 12.2. The molecule has 2 rings (SSSR count). The van der Waals surface area contributed by atoms with Crippen molar-refractivity contribution in [3.63, 3.8) is 0 Å². The van der Waals surface area contributed by atoms with Crippen molar-refractivity contribution in [2.75, 3.05) is 0 Å². The molecule has 1 N–H and O–H groups in total. The van der Waals surface area contributed by atoms with Crippen LogP contribution in [0.5, 0.6) is 0 Å². The Hall–Kier alpha value is -1.35. The third kappa shape index (κ3) is 2.81. The molecule has 0 aliphatic heterocycles. The summed E-state index contributed by atoms with van der Waals surface area (Å²) in [5.74, 6) is 1.00. The summed E-state index contributed by atoms with van der Waals surface area (Å²) in [5, 5.41) is 10.7. The molecule has 19 heavy (non-hydrogen) atoms. The van der Waals surface area contributed by atoms with E-state index in [2.05, 4.69) is 31.4 Å². The summed E-state index contributed by atoms with van der Waals surface area (Å²) < 4.78 is 2.21. The van der Waals surface area contributed by atoms with E-state index in [1.807, 2.05) is 18.2 Å². The van der Waals surface area contributed by atoms with Crippen LogP contribution in [0.2, 0.25) is 0 Å². The summed E-state index contributed by atoms with van der Waals surface area (Å²) in [6.07, 6.45) is 3.24. The molecule has 3 heteroatoms. The van der Waals surface area contributed by atoms with E-state index in [0.29, 0.717) is 6.42 Å². The second-order valence-corrected chi connectivity index (χ2v) is 5.27. The van der Waals surface area contributed by atoms with Gasteiger partial charge in [-0.2, -0.15) is 0 Å². The Labute approximate surface area is 115 Å². The number of aliphatic hydroxyl groups is 1. The van der Waals surface area contributed by atoms with Crippen molar-refractivity contribution in [2.24, 2.45) is 0 Å². The number of para-hydroxylation sites is 2. The number of hydrogen-bond acceptors (Lipinski definition) is 2. The standard InChI is InChI=1S/C16H24N2O/c1-4-11-16(19,5-2)12-15-17-13-9-7-8-10-14(13)18(15)6-3/h7-10,19H,4-6,11-12H2,1-3H3. The fraction of sp³-hybridized carbons (Fsp3) is 0.562. The molecule has 2 aromatic rings. The molecule has 0 saturated heterocycles. The number of nitrogens with zero attached hydrogens (tertiary/aromatic N) is 2. The molecule has 0 aliphatic carbocycles. The van der Waals surface area contributed by atoms with E-state index >= 15 is 0 Å². The van der Waals surface area contributed by atoms with Crippen LogP contribution >= 0.6 is 0 Å². The molecule has 1 aromatic heterocycles. The Kier molecular flexibility index (Phi) is 4.25. The Morgan fingerprint density at radius 2 is 1.95 bits per heavy atom. The number of aryl methyl sites for hydroxylation is 1. The molecule has 1 aromatic carbocycles. The van der Waals surface area contributed by atoms with Gasteiger partial charge in [0.25, 0.3) is 0 Å². The van der Waals surface area contributed by atoms with E-state index in [1.54, 1.807) is 0 Å². The third-order valence-electron chi connectivity index (χ3n) is 3.91. The van der Waals surface area contributed by atoms with Crippen LogP contribution in [0.4, 0.5) is 0 Å². The highest BCUT2D eigenvalue weighted by atomic mass is 16.3. The molecule has 104 valence electrons. The fourth-order valence-electron chi connectivity index (χ4n) is 2.76. The molecule has 0 bridgehead atoms. The lowest BCUT2D eigenvalue weighted by molar-refractivity contribution is 0.0246. The van der Waals surface area contributed by atoms with E-state index in [0.717, 1.165) is 42.7 Å². The molecule has 1 unspecified atom stereocenters. The van der Waals surface area contributed by atoms with Crippen LogP contribution in [0, 0.1) is 0 Å². The minimum absolute atomic E-state index is 0.622. The predicted molar refractivity (Wildman–Crippen MR) is 79.3 cm³/mol. The Bertz CT molecular complexity index is 547. The van der Waals surface area contributed by atoms with Gasteiger partial charge in [-0.3, -0.25) is 0 Å². The second kappa shape index (κ2) is 5.74. The minimum Gasteiger partial charge on any atom is -0.389 e. The molecule has 0 radical (unpaired) electrons. The van der Waals surface area contributed by atoms with Gasteiger partial charge in [0.15, 0.2) is 0 Å². The molecular formula is C16H24N2O. The van der Waals surface area contributed by atoms with Gasteiger partial charge in [0, 0.05) is 13.0 Å². The van der Waals surface area contributed by atoms with Crippen LogP contribution in [-0.4, -0.2) is 20.3 Å². The first kappa shape index (κ1) is 14.1. The lowest BCUT2D eigenvalue weighted by atomic mass is 9.91. The van der Waals surface area contributed by atoms with Crippen molar-refractivity contribution < 1.29 is 5.11 Å².